The van der Waals surface area contributed by atoms with Gasteiger partial charge in [-0.3, -0.25) is 0 Å². The normalized spacial score (nSPS) is 9.86. The van der Waals surface area contributed by atoms with Crippen molar-refractivity contribution in [3.05, 3.63) is 12.1 Å². The van der Waals surface area contributed by atoms with Gasteiger partial charge in [-0.2, -0.15) is 0 Å². The minimum absolute atomic E-state index is 0.0900. The van der Waals surface area contributed by atoms with E-state index in [9.17, 15) is 10.2 Å². The number of hydrogen-bond acceptors (Lipinski definition) is 4. The third-order valence-corrected chi connectivity index (χ3v) is 1.64. The summed E-state index contributed by atoms with van der Waals surface area (Å²) in [6, 6.07) is 2.67. The van der Waals surface area contributed by atoms with Crippen molar-refractivity contribution in [3.8, 4) is 23.0 Å². The Morgan fingerprint density at radius 3 is 1.71 bits per heavy atom. The van der Waals surface area contributed by atoms with Crippen LogP contribution in [-0.4, -0.2) is 23.4 Å². The number of benzene rings is 1. The Bertz CT molecular complexity index is 282. The zero-order valence-electron chi connectivity index (χ0n) is 8.28. The van der Waals surface area contributed by atoms with Crippen LogP contribution in [-0.2, 0) is 0 Å². The lowest BCUT2D eigenvalue weighted by molar-refractivity contribution is 0.296. The lowest BCUT2D eigenvalue weighted by Gasteiger charge is -2.10. The number of rotatable bonds is 4. The molecule has 14 heavy (non-hydrogen) atoms. The maximum Gasteiger partial charge on any atom is 0.164 e. The van der Waals surface area contributed by atoms with Crippen LogP contribution in [0.3, 0.4) is 0 Å². The third kappa shape index (κ3) is 2.22. The molecule has 1 aromatic carbocycles. The predicted molar refractivity (Wildman–Crippen MR) is 52.1 cm³/mol. The van der Waals surface area contributed by atoms with E-state index in [1.54, 1.807) is 0 Å². The molecule has 1 rings (SSSR count). The molecule has 0 saturated heterocycles. The second-order valence-corrected chi connectivity index (χ2v) is 2.65. The monoisotopic (exact) mass is 198 g/mol. The van der Waals surface area contributed by atoms with Crippen LogP contribution in [0.4, 0.5) is 0 Å². The summed E-state index contributed by atoms with van der Waals surface area (Å²) in [4.78, 5) is 0. The van der Waals surface area contributed by atoms with Crippen molar-refractivity contribution in [3.63, 3.8) is 0 Å². The van der Waals surface area contributed by atoms with E-state index in [0.29, 0.717) is 24.7 Å². The Balaban J connectivity index is 3.00. The smallest absolute Gasteiger partial charge is 0.164 e. The molecular weight excluding hydrogens is 184 g/mol. The van der Waals surface area contributed by atoms with E-state index < -0.39 is 0 Å². The quantitative estimate of drug-likeness (QED) is 0.775. The van der Waals surface area contributed by atoms with Gasteiger partial charge in [0.25, 0.3) is 0 Å². The average molecular weight is 198 g/mol. The first-order valence-corrected chi connectivity index (χ1v) is 4.50. The molecule has 0 radical (unpaired) electrons. The fourth-order valence-electron chi connectivity index (χ4n) is 1.08. The fraction of sp³-hybridized carbons (Fsp3) is 0.400. The summed E-state index contributed by atoms with van der Waals surface area (Å²) in [5.74, 6) is 0.447. The SMILES string of the molecule is CCOc1cc(OCC)c(O)cc1O. The lowest BCUT2D eigenvalue weighted by Crippen LogP contribution is -1.95. The fourth-order valence-corrected chi connectivity index (χ4v) is 1.08. The zero-order valence-corrected chi connectivity index (χ0v) is 8.28. The summed E-state index contributed by atoms with van der Waals surface area (Å²) < 4.78 is 10.3. The van der Waals surface area contributed by atoms with Crippen LogP contribution in [0.25, 0.3) is 0 Å². The van der Waals surface area contributed by atoms with Gasteiger partial charge in [0.2, 0.25) is 0 Å². The van der Waals surface area contributed by atoms with Gasteiger partial charge in [0.05, 0.1) is 13.2 Å². The molecule has 2 N–H and O–H groups in total. The molecular formula is C10H14O4. The van der Waals surface area contributed by atoms with Crippen molar-refractivity contribution in [1.29, 1.82) is 0 Å². The van der Waals surface area contributed by atoms with Gasteiger partial charge in [0, 0.05) is 12.1 Å². The van der Waals surface area contributed by atoms with E-state index in [0.717, 1.165) is 0 Å². The van der Waals surface area contributed by atoms with Gasteiger partial charge < -0.3 is 19.7 Å². The topological polar surface area (TPSA) is 58.9 Å². The van der Waals surface area contributed by atoms with Crippen LogP contribution in [0.1, 0.15) is 13.8 Å². The second kappa shape index (κ2) is 4.60. The Hall–Kier alpha value is -1.58. The molecule has 4 heteroatoms. The predicted octanol–water partition coefficient (Wildman–Crippen LogP) is 1.90. The maximum absolute atomic E-state index is 9.37. The molecule has 0 aliphatic heterocycles. The van der Waals surface area contributed by atoms with Crippen molar-refractivity contribution in [2.75, 3.05) is 13.2 Å². The molecule has 0 unspecified atom stereocenters. The molecule has 0 atom stereocenters. The molecule has 1 aromatic rings. The van der Waals surface area contributed by atoms with Gasteiger partial charge in [-0.05, 0) is 13.8 Å². The molecule has 0 saturated carbocycles. The van der Waals surface area contributed by atoms with Gasteiger partial charge in [0.1, 0.15) is 0 Å². The van der Waals surface area contributed by atoms with Crippen molar-refractivity contribution in [2.45, 2.75) is 13.8 Å². The van der Waals surface area contributed by atoms with Crippen molar-refractivity contribution in [2.24, 2.45) is 0 Å². The summed E-state index contributed by atoms with van der Waals surface area (Å²) in [6.45, 7) is 4.52. The summed E-state index contributed by atoms with van der Waals surface area (Å²) >= 11 is 0. The van der Waals surface area contributed by atoms with Gasteiger partial charge in [-0.1, -0.05) is 0 Å². The molecule has 78 valence electrons. The van der Waals surface area contributed by atoms with Gasteiger partial charge in [0.15, 0.2) is 23.0 Å². The van der Waals surface area contributed by atoms with E-state index in [4.69, 9.17) is 9.47 Å². The van der Waals surface area contributed by atoms with Crippen molar-refractivity contribution >= 4 is 0 Å². The van der Waals surface area contributed by atoms with E-state index in [-0.39, 0.29) is 11.5 Å². The van der Waals surface area contributed by atoms with Crippen LogP contribution in [0.2, 0.25) is 0 Å². The second-order valence-electron chi connectivity index (χ2n) is 2.65. The van der Waals surface area contributed by atoms with Crippen LogP contribution in [0, 0.1) is 0 Å². The first-order valence-electron chi connectivity index (χ1n) is 4.50. The molecule has 0 amide bonds. The summed E-state index contributed by atoms with van der Waals surface area (Å²) in [7, 11) is 0. The Morgan fingerprint density at radius 2 is 1.36 bits per heavy atom. The molecule has 4 nitrogen and oxygen atoms in total. The van der Waals surface area contributed by atoms with Crippen LogP contribution >= 0.6 is 0 Å². The third-order valence-electron chi connectivity index (χ3n) is 1.64. The molecule has 0 spiro atoms. The highest BCUT2D eigenvalue weighted by Gasteiger charge is 2.09. The number of hydrogen-bond donors (Lipinski definition) is 2. The van der Waals surface area contributed by atoms with Crippen LogP contribution in [0.5, 0.6) is 23.0 Å². The Labute approximate surface area is 82.7 Å². The number of ether oxygens (including phenoxy) is 2. The maximum atomic E-state index is 9.37. The van der Waals surface area contributed by atoms with Gasteiger partial charge in [-0.25, -0.2) is 0 Å². The minimum Gasteiger partial charge on any atom is -0.504 e. The van der Waals surface area contributed by atoms with E-state index in [1.165, 1.54) is 12.1 Å². The molecule has 0 bridgehead atoms. The van der Waals surface area contributed by atoms with Gasteiger partial charge in [-0.15, -0.1) is 0 Å². The molecule has 0 aromatic heterocycles. The standard InChI is InChI=1S/C10H14O4/c1-3-13-9-6-10(14-4-2)8(12)5-7(9)11/h5-6,11-12H,3-4H2,1-2H3. The van der Waals surface area contributed by atoms with Crippen molar-refractivity contribution in [1.82, 2.24) is 0 Å². The highest BCUT2D eigenvalue weighted by atomic mass is 16.5. The zero-order chi connectivity index (χ0) is 10.6. The highest BCUT2D eigenvalue weighted by Crippen LogP contribution is 2.37. The van der Waals surface area contributed by atoms with Gasteiger partial charge >= 0.3 is 0 Å². The number of phenols is 2. The summed E-state index contributed by atoms with van der Waals surface area (Å²) in [6.07, 6.45) is 0. The van der Waals surface area contributed by atoms with E-state index in [1.807, 2.05) is 13.8 Å². The molecule has 0 aliphatic rings. The summed E-state index contributed by atoms with van der Waals surface area (Å²) in [5, 5.41) is 18.7. The lowest BCUT2D eigenvalue weighted by atomic mass is 10.3. The largest absolute Gasteiger partial charge is 0.504 e. The van der Waals surface area contributed by atoms with Crippen LogP contribution in [0.15, 0.2) is 12.1 Å². The summed E-state index contributed by atoms with van der Waals surface area (Å²) in [5.41, 5.74) is 0. The molecule has 0 aliphatic carbocycles. The molecule has 0 heterocycles. The van der Waals surface area contributed by atoms with E-state index >= 15 is 0 Å². The van der Waals surface area contributed by atoms with E-state index in [2.05, 4.69) is 0 Å². The Kier molecular flexibility index (Phi) is 3.45. The first-order chi connectivity index (χ1) is 6.69. The van der Waals surface area contributed by atoms with Crippen LogP contribution < -0.4 is 9.47 Å². The number of phenolic OH excluding ortho intramolecular Hbond substituents is 2. The Morgan fingerprint density at radius 1 is 0.929 bits per heavy atom. The first kappa shape index (κ1) is 10.5. The molecule has 0 fully saturated rings. The number of aromatic hydroxyl groups is 2. The minimum atomic E-state index is -0.0900. The highest BCUT2D eigenvalue weighted by molar-refractivity contribution is 5.52. The van der Waals surface area contributed by atoms with Crippen molar-refractivity contribution < 1.29 is 19.7 Å². The average Bonchev–Trinajstić information content (AvgIpc) is 2.14.